The van der Waals surface area contributed by atoms with Gasteiger partial charge in [-0.1, -0.05) is 50.2 Å². The number of pyridine rings is 1. The molecule has 2 aromatic rings. The molecule has 1 aromatic carbocycles. The molecule has 0 bridgehead atoms. The van der Waals surface area contributed by atoms with Gasteiger partial charge in [-0.3, -0.25) is 24.1 Å². The molecule has 1 unspecified atom stereocenters. The molecule has 208 valence electrons. The van der Waals surface area contributed by atoms with Crippen LogP contribution in [0.3, 0.4) is 0 Å². The van der Waals surface area contributed by atoms with Crippen molar-refractivity contribution < 1.29 is 33.6 Å². The average molecular weight is 538 g/mol. The largest absolute Gasteiger partial charge is 0.622 e. The number of nitrogens with zero attached hydrogens (tertiary/aromatic N) is 2. The van der Waals surface area contributed by atoms with Crippen LogP contribution in [0.5, 0.6) is 0 Å². The van der Waals surface area contributed by atoms with Crippen LogP contribution in [-0.4, -0.2) is 84.1 Å². The molecule has 3 rings (SSSR count). The van der Waals surface area contributed by atoms with Crippen LogP contribution in [0.15, 0.2) is 48.5 Å². The van der Waals surface area contributed by atoms with E-state index in [2.05, 4.69) is 15.6 Å². The molecule has 3 atom stereocenters. The van der Waals surface area contributed by atoms with Gasteiger partial charge in [-0.25, -0.2) is 4.98 Å². The number of rotatable bonds is 9. The van der Waals surface area contributed by atoms with Crippen LogP contribution in [0.2, 0.25) is 0 Å². The molecule has 0 saturated carbocycles. The maximum absolute atomic E-state index is 13.3. The van der Waals surface area contributed by atoms with Gasteiger partial charge in [0.1, 0.15) is 11.7 Å². The lowest BCUT2D eigenvalue weighted by Gasteiger charge is -2.27. The van der Waals surface area contributed by atoms with Gasteiger partial charge in [-0.2, -0.15) is 0 Å². The summed E-state index contributed by atoms with van der Waals surface area (Å²) >= 11 is 0. The standard InChI is InChI=1S/C27H35BN4O7/c1-17(2)15-22(28-38-23(34)13-14-32(4)16-24(35)39-28)30-27(37)25(18(3)33)31-26(36)21-12-8-11-20(29-21)19-9-6-5-7-10-19/h5-12,17-18,22,25,33H,13-16H2,1-4H3,(H,30,37)(H,31,36)/t18-,22+,25?/m1/s1. The summed E-state index contributed by atoms with van der Waals surface area (Å²) in [4.78, 5) is 57.1. The number of aliphatic hydroxyl groups is 1. The fourth-order valence-electron chi connectivity index (χ4n) is 4.09. The predicted octanol–water partition coefficient (Wildman–Crippen LogP) is 1.21. The summed E-state index contributed by atoms with van der Waals surface area (Å²) in [6, 6.07) is 12.9. The van der Waals surface area contributed by atoms with Gasteiger partial charge in [-0.15, -0.1) is 0 Å². The highest BCUT2D eigenvalue weighted by Crippen LogP contribution is 2.17. The fourth-order valence-corrected chi connectivity index (χ4v) is 4.09. The second-order valence-electron chi connectivity index (χ2n) is 10.0. The van der Waals surface area contributed by atoms with Gasteiger partial charge in [0.25, 0.3) is 11.9 Å². The van der Waals surface area contributed by atoms with Crippen molar-refractivity contribution in [1.29, 1.82) is 0 Å². The number of amides is 2. The molecule has 1 fully saturated rings. The molecular weight excluding hydrogens is 503 g/mol. The lowest BCUT2D eigenvalue weighted by molar-refractivity contribution is -0.140. The molecule has 1 aliphatic heterocycles. The normalized spacial score (nSPS) is 17.1. The minimum Gasteiger partial charge on any atom is -0.498 e. The topological polar surface area (TPSA) is 147 Å². The predicted molar refractivity (Wildman–Crippen MR) is 144 cm³/mol. The van der Waals surface area contributed by atoms with Crippen molar-refractivity contribution in [2.24, 2.45) is 5.92 Å². The van der Waals surface area contributed by atoms with Crippen LogP contribution in [-0.2, 0) is 23.7 Å². The van der Waals surface area contributed by atoms with Crippen LogP contribution in [0.25, 0.3) is 11.3 Å². The van der Waals surface area contributed by atoms with Gasteiger partial charge < -0.3 is 25.0 Å². The Hall–Kier alpha value is -3.77. The van der Waals surface area contributed by atoms with Crippen molar-refractivity contribution in [3.8, 4) is 11.3 Å². The van der Waals surface area contributed by atoms with E-state index in [-0.39, 0.29) is 24.6 Å². The zero-order valence-electron chi connectivity index (χ0n) is 22.6. The van der Waals surface area contributed by atoms with Crippen LogP contribution < -0.4 is 10.6 Å². The number of benzene rings is 1. The Morgan fingerprint density at radius 3 is 2.38 bits per heavy atom. The van der Waals surface area contributed by atoms with E-state index in [4.69, 9.17) is 9.31 Å². The van der Waals surface area contributed by atoms with Gasteiger partial charge in [-0.05, 0) is 38.4 Å². The molecule has 0 spiro atoms. The van der Waals surface area contributed by atoms with Gasteiger partial charge >= 0.3 is 13.1 Å². The number of hydrogen-bond acceptors (Lipinski definition) is 9. The molecule has 1 aromatic heterocycles. The molecule has 1 saturated heterocycles. The van der Waals surface area contributed by atoms with Crippen LogP contribution >= 0.6 is 0 Å². The summed E-state index contributed by atoms with van der Waals surface area (Å²) in [6.45, 7) is 5.43. The molecular formula is C27H35BN4O7. The van der Waals surface area contributed by atoms with E-state index in [1.165, 1.54) is 13.0 Å². The Balaban J connectivity index is 1.77. The summed E-state index contributed by atoms with van der Waals surface area (Å²) in [5.74, 6) is -3.46. The van der Waals surface area contributed by atoms with Gasteiger partial charge in [0.15, 0.2) is 0 Å². The maximum Gasteiger partial charge on any atom is 0.622 e. The van der Waals surface area contributed by atoms with E-state index in [1.54, 1.807) is 24.1 Å². The average Bonchev–Trinajstić information content (AvgIpc) is 2.95. The monoisotopic (exact) mass is 538 g/mol. The van der Waals surface area contributed by atoms with Crippen molar-refractivity contribution in [2.75, 3.05) is 20.1 Å². The molecule has 12 heteroatoms. The molecule has 11 nitrogen and oxygen atoms in total. The Morgan fingerprint density at radius 2 is 1.72 bits per heavy atom. The third kappa shape index (κ3) is 8.90. The summed E-state index contributed by atoms with van der Waals surface area (Å²) < 4.78 is 10.8. The summed E-state index contributed by atoms with van der Waals surface area (Å²) in [6.07, 6.45) is -0.924. The lowest BCUT2D eigenvalue weighted by Crippen LogP contribution is -2.59. The first kappa shape index (κ1) is 29.8. The second kappa shape index (κ2) is 13.9. The number of carbonyl (C=O) groups is 4. The van der Waals surface area contributed by atoms with E-state index in [0.717, 1.165) is 5.56 Å². The van der Waals surface area contributed by atoms with Crippen molar-refractivity contribution in [1.82, 2.24) is 20.5 Å². The number of likely N-dealkylation sites (N-methyl/N-ethyl adjacent to an activating group) is 1. The summed E-state index contributed by atoms with van der Waals surface area (Å²) in [5.41, 5.74) is 1.46. The van der Waals surface area contributed by atoms with Crippen molar-refractivity contribution in [3.05, 3.63) is 54.2 Å². The Morgan fingerprint density at radius 1 is 1.03 bits per heavy atom. The van der Waals surface area contributed by atoms with Gasteiger partial charge in [0.05, 0.1) is 30.7 Å². The third-order valence-corrected chi connectivity index (χ3v) is 6.08. The molecule has 2 amide bonds. The van der Waals surface area contributed by atoms with E-state index in [0.29, 0.717) is 18.7 Å². The zero-order valence-corrected chi connectivity index (χ0v) is 22.6. The molecule has 0 radical (unpaired) electrons. The maximum atomic E-state index is 13.3. The van der Waals surface area contributed by atoms with E-state index in [9.17, 15) is 24.3 Å². The van der Waals surface area contributed by atoms with Gasteiger partial charge in [0, 0.05) is 12.1 Å². The van der Waals surface area contributed by atoms with Crippen molar-refractivity contribution in [2.45, 2.75) is 51.7 Å². The van der Waals surface area contributed by atoms with E-state index in [1.807, 2.05) is 44.2 Å². The van der Waals surface area contributed by atoms with Crippen molar-refractivity contribution >= 4 is 30.9 Å². The lowest BCUT2D eigenvalue weighted by atomic mass is 9.73. The van der Waals surface area contributed by atoms with Crippen LogP contribution in [0.4, 0.5) is 0 Å². The zero-order chi connectivity index (χ0) is 28.5. The molecule has 2 heterocycles. The molecule has 3 N–H and O–H groups in total. The first-order chi connectivity index (χ1) is 18.5. The van der Waals surface area contributed by atoms with E-state index < -0.39 is 49.0 Å². The van der Waals surface area contributed by atoms with E-state index >= 15 is 0 Å². The molecule has 1 aliphatic rings. The fraction of sp³-hybridized carbons (Fsp3) is 0.444. The summed E-state index contributed by atoms with van der Waals surface area (Å²) in [5, 5.41) is 15.6. The number of nitrogens with one attached hydrogen (secondary N) is 2. The number of carbonyl (C=O) groups excluding carboxylic acids is 4. The quantitative estimate of drug-likeness (QED) is 0.401. The van der Waals surface area contributed by atoms with Gasteiger partial charge in [0.2, 0.25) is 5.91 Å². The highest BCUT2D eigenvalue weighted by molar-refractivity contribution is 6.51. The number of aliphatic hydroxyl groups excluding tert-OH is 1. The minimum atomic E-state index is -1.36. The first-order valence-electron chi connectivity index (χ1n) is 12.9. The third-order valence-electron chi connectivity index (χ3n) is 6.08. The van der Waals surface area contributed by atoms with Crippen molar-refractivity contribution in [3.63, 3.8) is 0 Å². The first-order valence-corrected chi connectivity index (χ1v) is 12.9. The Bertz CT molecular complexity index is 1160. The number of aromatic nitrogens is 1. The highest BCUT2D eigenvalue weighted by atomic mass is 16.6. The smallest absolute Gasteiger partial charge is 0.498 e. The molecule has 0 aliphatic carbocycles. The summed E-state index contributed by atoms with van der Waals surface area (Å²) in [7, 11) is 0.320. The molecule has 39 heavy (non-hydrogen) atoms. The minimum absolute atomic E-state index is 0.0209. The van der Waals surface area contributed by atoms with Crippen LogP contribution in [0.1, 0.15) is 44.1 Å². The number of hydrogen-bond donors (Lipinski definition) is 3. The highest BCUT2D eigenvalue weighted by Gasteiger charge is 2.41. The second-order valence-corrected chi connectivity index (χ2v) is 10.0. The SMILES string of the molecule is CC(C)C[C@H](NC(=O)C(NC(=O)c1cccc(-c2ccccc2)n1)[C@@H](C)O)B1OC(=O)CCN(C)CC(=O)O1. The van der Waals surface area contributed by atoms with Crippen LogP contribution in [0, 0.1) is 5.92 Å². The Kier molecular flexibility index (Phi) is 10.6. The Labute approximate surface area is 228 Å².